The zero-order chi connectivity index (χ0) is 22.0. The van der Waals surface area contributed by atoms with Crippen molar-refractivity contribution >= 4 is 34.7 Å². The van der Waals surface area contributed by atoms with Gasteiger partial charge in [0.05, 0.1) is 16.2 Å². The van der Waals surface area contributed by atoms with Gasteiger partial charge in [-0.15, -0.1) is 0 Å². The molecule has 0 aliphatic carbocycles. The Morgan fingerprint density at radius 3 is 2.29 bits per heavy atom. The van der Waals surface area contributed by atoms with Crippen molar-refractivity contribution in [3.8, 4) is 11.5 Å². The minimum Gasteiger partial charge on any atom is -0.486 e. The van der Waals surface area contributed by atoms with E-state index in [0.29, 0.717) is 35.3 Å². The average molecular weight is 439 g/mol. The number of ketones is 1. The van der Waals surface area contributed by atoms with Gasteiger partial charge in [0.1, 0.15) is 13.2 Å². The topological polar surface area (TPSA) is 108 Å². The molecule has 1 heterocycles. The Kier molecular flexibility index (Phi) is 5.55. The molecular formula is C22H15ClN2O6. The van der Waals surface area contributed by atoms with Crippen molar-refractivity contribution in [2.45, 2.75) is 0 Å². The maximum absolute atomic E-state index is 13.1. The van der Waals surface area contributed by atoms with Gasteiger partial charge in [0, 0.05) is 34.3 Å². The van der Waals surface area contributed by atoms with Crippen LogP contribution in [-0.4, -0.2) is 29.8 Å². The van der Waals surface area contributed by atoms with Gasteiger partial charge >= 0.3 is 0 Å². The van der Waals surface area contributed by atoms with Gasteiger partial charge in [-0.25, -0.2) is 0 Å². The van der Waals surface area contributed by atoms with Crippen LogP contribution in [0.3, 0.4) is 0 Å². The molecule has 0 radical (unpaired) electrons. The number of nitro groups is 1. The third-order valence-corrected chi connectivity index (χ3v) is 4.85. The predicted octanol–water partition coefficient (Wildman–Crippen LogP) is 4.50. The number of fused-ring (bicyclic) bond motifs is 1. The number of rotatable bonds is 5. The van der Waals surface area contributed by atoms with Crippen LogP contribution in [0.1, 0.15) is 26.3 Å². The van der Waals surface area contributed by atoms with Crippen molar-refractivity contribution in [2.75, 3.05) is 18.5 Å². The predicted molar refractivity (Wildman–Crippen MR) is 113 cm³/mol. The first-order valence-electron chi connectivity index (χ1n) is 9.22. The number of halogens is 1. The van der Waals surface area contributed by atoms with Gasteiger partial charge in [-0.2, -0.15) is 0 Å². The first-order valence-corrected chi connectivity index (χ1v) is 9.60. The highest BCUT2D eigenvalue weighted by Gasteiger charge is 2.23. The molecule has 1 aliphatic heterocycles. The Morgan fingerprint density at radius 2 is 1.61 bits per heavy atom. The second-order valence-electron chi connectivity index (χ2n) is 6.64. The van der Waals surface area contributed by atoms with Gasteiger partial charge in [-0.1, -0.05) is 17.7 Å². The smallest absolute Gasteiger partial charge is 0.270 e. The molecule has 4 rings (SSSR count). The van der Waals surface area contributed by atoms with Crippen molar-refractivity contribution in [1.82, 2.24) is 0 Å². The maximum Gasteiger partial charge on any atom is 0.270 e. The normalized spacial score (nSPS) is 12.2. The number of hydrogen-bond acceptors (Lipinski definition) is 6. The third-order valence-electron chi connectivity index (χ3n) is 4.60. The summed E-state index contributed by atoms with van der Waals surface area (Å²) in [6.45, 7) is 0.663. The SMILES string of the molecule is O=C(Nc1cc2c(cc1C(=O)c1ccc(Cl)cc1)OCCO2)c1cccc([N+](=O)[O-])c1. The molecule has 156 valence electrons. The lowest BCUT2D eigenvalue weighted by Gasteiger charge is -2.21. The second-order valence-corrected chi connectivity index (χ2v) is 7.08. The fourth-order valence-electron chi connectivity index (χ4n) is 3.09. The number of non-ortho nitro benzene ring substituents is 1. The molecule has 0 bridgehead atoms. The van der Waals surface area contributed by atoms with E-state index < -0.39 is 10.8 Å². The summed E-state index contributed by atoms with van der Waals surface area (Å²) in [6, 6.07) is 14.7. The van der Waals surface area contributed by atoms with E-state index in [1.165, 1.54) is 30.3 Å². The Hall–Kier alpha value is -3.91. The van der Waals surface area contributed by atoms with E-state index in [4.69, 9.17) is 21.1 Å². The standard InChI is InChI=1S/C22H15ClN2O6/c23-15-6-4-13(5-7-15)21(26)17-11-19-20(31-9-8-30-19)12-18(17)24-22(27)14-2-1-3-16(10-14)25(28)29/h1-7,10-12H,8-9H2,(H,24,27). The van der Waals surface area contributed by atoms with Crippen LogP contribution in [0, 0.1) is 10.1 Å². The molecule has 1 aliphatic rings. The summed E-state index contributed by atoms with van der Waals surface area (Å²) in [6.07, 6.45) is 0. The molecule has 0 fully saturated rings. The molecule has 3 aromatic rings. The average Bonchev–Trinajstić information content (AvgIpc) is 2.78. The highest BCUT2D eigenvalue weighted by atomic mass is 35.5. The van der Waals surface area contributed by atoms with Gasteiger partial charge < -0.3 is 14.8 Å². The fraction of sp³-hybridized carbons (Fsp3) is 0.0909. The lowest BCUT2D eigenvalue weighted by Crippen LogP contribution is -2.19. The molecule has 1 amide bonds. The summed E-state index contributed by atoms with van der Waals surface area (Å²) in [5, 5.41) is 14.2. The molecule has 3 aromatic carbocycles. The number of carbonyl (C=O) groups excluding carboxylic acids is 2. The van der Waals surface area contributed by atoms with Crippen molar-refractivity contribution in [2.24, 2.45) is 0 Å². The number of benzene rings is 3. The van der Waals surface area contributed by atoms with E-state index in [2.05, 4.69) is 5.32 Å². The number of nitrogens with zero attached hydrogens (tertiary/aromatic N) is 1. The third kappa shape index (κ3) is 4.34. The van der Waals surface area contributed by atoms with Crippen molar-refractivity contribution < 1.29 is 24.0 Å². The van der Waals surface area contributed by atoms with Crippen molar-refractivity contribution in [3.05, 3.63) is 92.5 Å². The Morgan fingerprint density at radius 1 is 0.935 bits per heavy atom. The Bertz CT molecular complexity index is 1190. The lowest BCUT2D eigenvalue weighted by atomic mass is 10.0. The highest BCUT2D eigenvalue weighted by Crippen LogP contribution is 2.37. The summed E-state index contributed by atoms with van der Waals surface area (Å²) in [4.78, 5) is 36.3. The van der Waals surface area contributed by atoms with E-state index >= 15 is 0 Å². The van der Waals surface area contributed by atoms with E-state index in [1.54, 1.807) is 24.3 Å². The van der Waals surface area contributed by atoms with Gasteiger partial charge in [0.2, 0.25) is 0 Å². The summed E-state index contributed by atoms with van der Waals surface area (Å²) < 4.78 is 11.1. The maximum atomic E-state index is 13.1. The summed E-state index contributed by atoms with van der Waals surface area (Å²) in [5.41, 5.74) is 0.610. The molecule has 1 N–H and O–H groups in total. The number of ether oxygens (including phenoxy) is 2. The summed E-state index contributed by atoms with van der Waals surface area (Å²) >= 11 is 5.91. The number of nitrogens with one attached hydrogen (secondary N) is 1. The van der Waals surface area contributed by atoms with Gasteiger partial charge in [-0.3, -0.25) is 19.7 Å². The molecule has 0 saturated heterocycles. The minimum atomic E-state index is -0.606. The highest BCUT2D eigenvalue weighted by molar-refractivity contribution is 6.30. The molecule has 0 spiro atoms. The van der Waals surface area contributed by atoms with E-state index in [0.717, 1.165) is 6.07 Å². The van der Waals surface area contributed by atoms with Gasteiger partial charge in [-0.05, 0) is 36.4 Å². The van der Waals surface area contributed by atoms with E-state index in [1.807, 2.05) is 0 Å². The monoisotopic (exact) mass is 438 g/mol. The van der Waals surface area contributed by atoms with Crippen molar-refractivity contribution in [1.29, 1.82) is 0 Å². The Labute approximate surface area is 181 Å². The van der Waals surface area contributed by atoms with Gasteiger partial charge in [0.25, 0.3) is 11.6 Å². The van der Waals surface area contributed by atoms with Crippen LogP contribution < -0.4 is 14.8 Å². The minimum absolute atomic E-state index is 0.0778. The van der Waals surface area contributed by atoms with Crippen LogP contribution in [0.4, 0.5) is 11.4 Å². The number of nitro benzene ring substituents is 1. The first-order chi connectivity index (χ1) is 14.9. The van der Waals surface area contributed by atoms with Crippen LogP contribution in [0.2, 0.25) is 5.02 Å². The van der Waals surface area contributed by atoms with E-state index in [-0.39, 0.29) is 28.3 Å². The van der Waals surface area contributed by atoms with Crippen LogP contribution in [0.5, 0.6) is 11.5 Å². The molecule has 0 unspecified atom stereocenters. The zero-order valence-corrected chi connectivity index (χ0v) is 16.7. The Balaban J connectivity index is 1.72. The van der Waals surface area contributed by atoms with Crippen LogP contribution in [-0.2, 0) is 0 Å². The van der Waals surface area contributed by atoms with E-state index in [9.17, 15) is 19.7 Å². The molecule has 31 heavy (non-hydrogen) atoms. The van der Waals surface area contributed by atoms with Crippen LogP contribution in [0.25, 0.3) is 0 Å². The fourth-order valence-corrected chi connectivity index (χ4v) is 3.22. The number of hydrogen-bond donors (Lipinski definition) is 1. The second kappa shape index (κ2) is 8.45. The largest absolute Gasteiger partial charge is 0.486 e. The molecular weight excluding hydrogens is 424 g/mol. The molecule has 0 atom stereocenters. The summed E-state index contributed by atoms with van der Waals surface area (Å²) in [7, 11) is 0. The number of carbonyl (C=O) groups is 2. The lowest BCUT2D eigenvalue weighted by molar-refractivity contribution is -0.384. The van der Waals surface area contributed by atoms with Crippen LogP contribution >= 0.6 is 11.6 Å². The molecule has 8 nitrogen and oxygen atoms in total. The quantitative estimate of drug-likeness (QED) is 0.357. The van der Waals surface area contributed by atoms with Crippen molar-refractivity contribution in [3.63, 3.8) is 0 Å². The zero-order valence-electron chi connectivity index (χ0n) is 16.0. The summed E-state index contributed by atoms with van der Waals surface area (Å²) in [5.74, 6) is -0.196. The van der Waals surface area contributed by atoms with Gasteiger partial charge in [0.15, 0.2) is 17.3 Å². The first kappa shape index (κ1) is 20.4. The molecule has 0 aromatic heterocycles. The molecule has 0 saturated carbocycles. The number of amides is 1. The number of anilines is 1. The van der Waals surface area contributed by atoms with Crippen LogP contribution in [0.15, 0.2) is 60.7 Å². The molecule has 9 heteroatoms.